The number of amides is 1. The number of carbonyl (C=O) groups is 1. The first kappa shape index (κ1) is 23.9. The molecule has 2 aromatic carbocycles. The van der Waals surface area contributed by atoms with E-state index in [0.29, 0.717) is 23.5 Å². The molecule has 2 atom stereocenters. The van der Waals surface area contributed by atoms with E-state index in [4.69, 9.17) is 10.5 Å². The van der Waals surface area contributed by atoms with Crippen LogP contribution >= 0.6 is 0 Å². The molecule has 0 bridgehead atoms. The van der Waals surface area contributed by atoms with Gasteiger partial charge >= 0.3 is 11.8 Å². The van der Waals surface area contributed by atoms with Crippen molar-refractivity contribution in [1.82, 2.24) is 19.4 Å². The first-order valence-corrected chi connectivity index (χ1v) is 12.0. The van der Waals surface area contributed by atoms with Gasteiger partial charge in [-0.25, -0.2) is 14.6 Å². The lowest BCUT2D eigenvalue weighted by Gasteiger charge is -2.14. The number of alkyl carbamates (subject to hydrolysis) is 1. The minimum absolute atomic E-state index is 0.0516. The minimum Gasteiger partial charge on any atom is -0.453 e. The molecule has 1 saturated carbocycles. The van der Waals surface area contributed by atoms with E-state index < -0.39 is 6.09 Å². The van der Waals surface area contributed by atoms with Crippen LogP contribution in [0.5, 0.6) is 0 Å². The summed E-state index contributed by atoms with van der Waals surface area (Å²) in [7, 11) is 3.07. The normalized spacial score (nSPS) is 16.9. The Hall–Kier alpha value is -4.78. The van der Waals surface area contributed by atoms with E-state index in [1.165, 1.54) is 7.11 Å². The molecule has 1 amide bonds. The first-order valence-electron chi connectivity index (χ1n) is 12.0. The molecule has 188 valence electrons. The fourth-order valence-electron chi connectivity index (χ4n) is 5.03. The number of nitrogens with two attached hydrogens (primary N) is 1. The number of ether oxygens (including phenoxy) is 1. The quantitative estimate of drug-likeness (QED) is 0.353. The second kappa shape index (κ2) is 9.70. The molecule has 0 radical (unpaired) electrons. The molecule has 37 heavy (non-hydrogen) atoms. The van der Waals surface area contributed by atoms with Gasteiger partial charge in [-0.3, -0.25) is 9.13 Å². The SMILES string of the molecule is COC(=O)N[C@@H]1CC[C@@H](n2c(=O)n(C)c3cnc(Nc4cc(N)cc(-c5cccc(C#N)c5)c4)cc32)C1. The summed E-state index contributed by atoms with van der Waals surface area (Å²) >= 11 is 0. The Balaban J connectivity index is 1.46. The Morgan fingerprint density at radius 3 is 2.78 bits per heavy atom. The van der Waals surface area contributed by atoms with Crippen molar-refractivity contribution >= 4 is 34.3 Å². The molecule has 1 aliphatic carbocycles. The monoisotopic (exact) mass is 497 g/mol. The summed E-state index contributed by atoms with van der Waals surface area (Å²) in [5.74, 6) is 0.566. The van der Waals surface area contributed by atoms with E-state index in [0.717, 1.165) is 40.7 Å². The van der Waals surface area contributed by atoms with E-state index in [-0.39, 0.29) is 17.8 Å². The Bertz CT molecular complexity index is 1600. The maximum Gasteiger partial charge on any atom is 0.407 e. The zero-order chi connectivity index (χ0) is 26.1. The first-order chi connectivity index (χ1) is 17.9. The standard InChI is InChI=1S/C27H27N7O3/c1-33-24-15-30-25(13-23(24)34(27(33)36)22-7-6-20(12-22)32-26(35)37-2)31-21-10-18(9-19(29)11-21)17-5-3-4-16(8-17)14-28/h3-5,8-11,13,15,20,22H,6-7,12,29H2,1-2H3,(H,30,31)(H,32,35)/t20-,22-/m1/s1. The van der Waals surface area contributed by atoms with Gasteiger partial charge in [0.25, 0.3) is 0 Å². The number of nitrogens with one attached hydrogen (secondary N) is 2. The number of imidazole rings is 1. The van der Waals surface area contributed by atoms with Crippen molar-refractivity contribution in [2.45, 2.75) is 31.3 Å². The van der Waals surface area contributed by atoms with Gasteiger partial charge < -0.3 is 21.1 Å². The molecule has 4 aromatic rings. The van der Waals surface area contributed by atoms with Crippen LogP contribution in [0.15, 0.2) is 59.5 Å². The average molecular weight is 498 g/mol. The topological polar surface area (TPSA) is 140 Å². The Kier molecular flexibility index (Phi) is 6.27. The number of fused-ring (bicyclic) bond motifs is 1. The van der Waals surface area contributed by atoms with Crippen LogP contribution in [0.25, 0.3) is 22.2 Å². The average Bonchev–Trinajstić information content (AvgIpc) is 3.45. The number of carbonyl (C=O) groups excluding carboxylic acids is 1. The van der Waals surface area contributed by atoms with Crippen LogP contribution < -0.4 is 22.1 Å². The fraction of sp³-hybridized carbons (Fsp3) is 0.259. The van der Waals surface area contributed by atoms with Crippen LogP contribution in [-0.4, -0.2) is 33.4 Å². The lowest BCUT2D eigenvalue weighted by Crippen LogP contribution is -2.33. The van der Waals surface area contributed by atoms with Crippen LogP contribution in [0.4, 0.5) is 22.0 Å². The predicted molar refractivity (Wildman–Crippen MR) is 141 cm³/mol. The van der Waals surface area contributed by atoms with Crippen LogP contribution in [0.2, 0.25) is 0 Å². The number of hydrogen-bond acceptors (Lipinski definition) is 7. The predicted octanol–water partition coefficient (Wildman–Crippen LogP) is 4.05. The van der Waals surface area contributed by atoms with Crippen molar-refractivity contribution in [3.63, 3.8) is 0 Å². The van der Waals surface area contributed by atoms with Crippen molar-refractivity contribution in [1.29, 1.82) is 5.26 Å². The van der Waals surface area contributed by atoms with E-state index in [2.05, 4.69) is 21.7 Å². The molecule has 5 rings (SSSR count). The highest BCUT2D eigenvalue weighted by Gasteiger charge is 2.30. The maximum atomic E-state index is 13.2. The number of aryl methyl sites for hydroxylation is 1. The number of anilines is 3. The van der Waals surface area contributed by atoms with Crippen LogP contribution in [-0.2, 0) is 11.8 Å². The summed E-state index contributed by atoms with van der Waals surface area (Å²) in [4.78, 5) is 29.3. The Morgan fingerprint density at radius 2 is 2.00 bits per heavy atom. The highest BCUT2D eigenvalue weighted by molar-refractivity contribution is 5.81. The number of aromatic nitrogens is 3. The third-order valence-electron chi connectivity index (χ3n) is 6.81. The van der Waals surface area contributed by atoms with Gasteiger partial charge in [-0.2, -0.15) is 5.26 Å². The highest BCUT2D eigenvalue weighted by atomic mass is 16.5. The number of hydrogen-bond donors (Lipinski definition) is 3. The smallest absolute Gasteiger partial charge is 0.407 e. The largest absolute Gasteiger partial charge is 0.453 e. The van der Waals surface area contributed by atoms with Crippen molar-refractivity contribution < 1.29 is 9.53 Å². The van der Waals surface area contributed by atoms with Gasteiger partial charge in [-0.05, 0) is 60.7 Å². The van der Waals surface area contributed by atoms with Gasteiger partial charge in [-0.15, -0.1) is 0 Å². The van der Waals surface area contributed by atoms with Gasteiger partial charge in [0, 0.05) is 36.6 Å². The summed E-state index contributed by atoms with van der Waals surface area (Å²) < 4.78 is 8.10. The fourth-order valence-corrected chi connectivity index (χ4v) is 5.03. The van der Waals surface area contributed by atoms with Gasteiger partial charge in [0.05, 0.1) is 36.0 Å². The number of nitriles is 1. The number of benzene rings is 2. The third-order valence-corrected chi connectivity index (χ3v) is 6.81. The lowest BCUT2D eigenvalue weighted by molar-refractivity contribution is 0.166. The van der Waals surface area contributed by atoms with Crippen LogP contribution in [0.3, 0.4) is 0 Å². The summed E-state index contributed by atoms with van der Waals surface area (Å²) in [5, 5.41) is 15.4. The number of methoxy groups -OCH3 is 1. The van der Waals surface area contributed by atoms with E-state index in [1.807, 2.05) is 42.5 Å². The molecule has 2 aromatic heterocycles. The molecule has 0 unspecified atom stereocenters. The zero-order valence-corrected chi connectivity index (χ0v) is 20.6. The second-order valence-corrected chi connectivity index (χ2v) is 9.23. The van der Waals surface area contributed by atoms with Crippen molar-refractivity contribution in [2.24, 2.45) is 7.05 Å². The highest BCUT2D eigenvalue weighted by Crippen LogP contribution is 2.33. The molecule has 1 fully saturated rings. The Labute approximate surface area is 213 Å². The Morgan fingerprint density at radius 1 is 1.16 bits per heavy atom. The zero-order valence-electron chi connectivity index (χ0n) is 20.6. The molecule has 10 heteroatoms. The van der Waals surface area contributed by atoms with E-state index >= 15 is 0 Å². The molecule has 2 heterocycles. The molecule has 0 aliphatic heterocycles. The van der Waals surface area contributed by atoms with E-state index in [9.17, 15) is 14.9 Å². The number of rotatable bonds is 5. The van der Waals surface area contributed by atoms with Gasteiger partial charge in [0.2, 0.25) is 0 Å². The van der Waals surface area contributed by atoms with Crippen LogP contribution in [0.1, 0.15) is 30.9 Å². The molecule has 4 N–H and O–H groups in total. The van der Waals surface area contributed by atoms with Crippen LogP contribution in [0, 0.1) is 11.3 Å². The summed E-state index contributed by atoms with van der Waals surface area (Å²) in [6.45, 7) is 0. The van der Waals surface area contributed by atoms with Gasteiger partial charge in [-0.1, -0.05) is 12.1 Å². The second-order valence-electron chi connectivity index (χ2n) is 9.23. The van der Waals surface area contributed by atoms with Gasteiger partial charge in [0.1, 0.15) is 5.82 Å². The summed E-state index contributed by atoms with van der Waals surface area (Å²) in [5.41, 5.74) is 11.2. The number of nitrogens with zero attached hydrogens (tertiary/aromatic N) is 4. The molecule has 1 aliphatic rings. The molecule has 10 nitrogen and oxygen atoms in total. The van der Waals surface area contributed by atoms with Gasteiger partial charge in [0.15, 0.2) is 0 Å². The number of nitrogen functional groups attached to an aromatic ring is 1. The molecule has 0 spiro atoms. The molecular weight excluding hydrogens is 470 g/mol. The van der Waals surface area contributed by atoms with Crippen molar-refractivity contribution in [3.05, 3.63) is 70.8 Å². The molecular formula is C27H27N7O3. The summed E-state index contributed by atoms with van der Waals surface area (Å²) in [6, 6.07) is 16.8. The van der Waals surface area contributed by atoms with Crippen molar-refractivity contribution in [2.75, 3.05) is 18.2 Å². The molecule has 0 saturated heterocycles. The third kappa shape index (κ3) is 4.71. The maximum absolute atomic E-state index is 13.2. The number of pyridine rings is 1. The van der Waals surface area contributed by atoms with E-state index in [1.54, 1.807) is 28.4 Å². The lowest BCUT2D eigenvalue weighted by atomic mass is 10.0. The minimum atomic E-state index is -0.465. The summed E-state index contributed by atoms with van der Waals surface area (Å²) in [6.07, 6.45) is 3.38. The van der Waals surface area contributed by atoms with Crippen molar-refractivity contribution in [3.8, 4) is 17.2 Å².